The molecule has 111 heavy (non-hydrogen) atoms. The molecule has 7 aliphatic rings. The maximum absolute atomic E-state index is 13.2. The van der Waals surface area contributed by atoms with Gasteiger partial charge in [0.15, 0.2) is 0 Å². The van der Waals surface area contributed by atoms with E-state index in [0.717, 1.165) is 70.2 Å². The zero-order chi connectivity index (χ0) is 81.5. The summed E-state index contributed by atoms with van der Waals surface area (Å²) >= 11 is 18.7. The standard InChI is InChI=1S/C17H20BF2NO3S.C16H11ClF2N2O2S.C12H24B2O4.C11H8BrF2NOS.C11H9F2NO2S.C5H3ClFN.H2O2/c1-15(2)16(3,4)24-18(23-15)11-5-6-12-13(7-11)25-14(22)21(12)9-10-8-17(10,19)20;17-11-2-1-5-20-14(11)23-10-3-4-12-13(6-10)24-15(22)21(12)8-9-7-16(9,18)19;1-9(2)10(3,4)16-13(15-9)14-17-11(5,6)12(7,8)18-14;12-7-1-2-8-9(3-7)17-10(16)15(8)5-6-4-11(6,13)14;12-11(13)4-6(11)5-14-8-2-1-7(15)3-9(8)17-10(14)16;6-4-2-1-3-8-5(4)7;1-2/h5-7,10H,8-9H2,1-4H3;1-6,9H,7-8H2;1-8H3;1-3,6H,4-5H2;1-3,6,15H,4-5H2;1-3H;1-2H. The summed E-state index contributed by atoms with van der Waals surface area (Å²) in [5.74, 6) is -13.2. The Morgan fingerprint density at radius 1 is 0.468 bits per heavy atom. The van der Waals surface area contributed by atoms with Crippen LogP contribution in [0.15, 0.2) is 133 Å². The lowest BCUT2D eigenvalue weighted by atomic mass is 9.49. The minimum absolute atomic E-state index is 0.0398. The third-order valence-corrected chi connectivity index (χ3v) is 25.8. The van der Waals surface area contributed by atoms with E-state index in [1.807, 2.05) is 107 Å². The van der Waals surface area contributed by atoms with E-state index in [4.69, 9.17) is 66.4 Å². The van der Waals surface area contributed by atoms with Gasteiger partial charge in [-0.15, -0.1) is 0 Å². The van der Waals surface area contributed by atoms with Crippen LogP contribution in [0, 0.1) is 29.6 Å². The number of fused-ring (bicyclic) bond motifs is 4. The predicted molar refractivity (Wildman–Crippen MR) is 418 cm³/mol. The number of halogens is 12. The van der Waals surface area contributed by atoms with Gasteiger partial charge in [-0.05, 0) is 173 Å². The normalized spacial score (nSPS) is 22.6. The smallest absolute Gasteiger partial charge is 0.494 e. The Morgan fingerprint density at radius 3 is 1.15 bits per heavy atom. The molecule has 20 nitrogen and oxygen atoms in total. The highest BCUT2D eigenvalue weighted by Gasteiger charge is 2.64. The zero-order valence-electron chi connectivity index (χ0n) is 61.8. The highest BCUT2D eigenvalue weighted by atomic mass is 79.9. The summed E-state index contributed by atoms with van der Waals surface area (Å²) in [5.41, 5.74) is 1.19. The second-order valence-corrected chi connectivity index (χ2v) is 36.4. The number of aromatic nitrogens is 6. The first-order chi connectivity index (χ1) is 51.6. The van der Waals surface area contributed by atoms with Crippen LogP contribution in [0.3, 0.4) is 0 Å². The van der Waals surface area contributed by atoms with Gasteiger partial charge in [-0.3, -0.25) is 48.0 Å². The Hall–Kier alpha value is -6.16. The molecule has 4 saturated carbocycles. The molecule has 0 radical (unpaired) electrons. The van der Waals surface area contributed by atoms with Crippen molar-refractivity contribution in [2.45, 2.75) is 192 Å². The number of benzene rings is 4. The minimum atomic E-state index is -2.65. The summed E-state index contributed by atoms with van der Waals surface area (Å²) in [6, 6.07) is 26.9. The van der Waals surface area contributed by atoms with Crippen LogP contribution in [0.1, 0.15) is 109 Å². The van der Waals surface area contributed by atoms with Gasteiger partial charge in [-0.25, -0.2) is 45.1 Å². The fraction of sp³-hybridized carbons (Fsp3) is 0.472. The van der Waals surface area contributed by atoms with E-state index in [1.165, 1.54) is 42.7 Å². The number of phenolic OH excluding ortho intramolecular Hbond substituents is 1. The number of rotatable bonds is 12. The third-order valence-electron chi connectivity index (χ3n) is 21.0. The largest absolute Gasteiger partial charge is 0.508 e. The number of aromatic hydroxyl groups is 1. The van der Waals surface area contributed by atoms with Crippen molar-refractivity contribution in [3.05, 3.63) is 169 Å². The van der Waals surface area contributed by atoms with Gasteiger partial charge < -0.3 is 37.8 Å². The monoisotopic (exact) mass is 1730 g/mol. The Labute approximate surface area is 665 Å². The van der Waals surface area contributed by atoms with E-state index in [1.54, 1.807) is 60.8 Å². The van der Waals surface area contributed by atoms with Crippen molar-refractivity contribution in [2.75, 3.05) is 0 Å². The minimum Gasteiger partial charge on any atom is -0.508 e. The highest BCUT2D eigenvalue weighted by molar-refractivity contribution is 9.10. The van der Waals surface area contributed by atoms with Gasteiger partial charge in [0.25, 0.3) is 23.7 Å². The van der Waals surface area contributed by atoms with Gasteiger partial charge in [0, 0.05) is 98.5 Å². The summed E-state index contributed by atoms with van der Waals surface area (Å²) < 4.78 is 167. The predicted octanol–water partition coefficient (Wildman–Crippen LogP) is 17.6. The molecule has 596 valence electrons. The molecule has 4 atom stereocenters. The molecule has 3 saturated heterocycles. The van der Waals surface area contributed by atoms with Crippen LogP contribution in [-0.4, -0.2) is 122 Å². The number of ether oxygens (including phenoxy) is 1. The quantitative estimate of drug-likeness (QED) is 0.0339. The Morgan fingerprint density at radius 2 is 0.793 bits per heavy atom. The van der Waals surface area contributed by atoms with Gasteiger partial charge >= 0.3 is 40.6 Å². The number of hydrogen-bond acceptors (Lipinski definition) is 20. The van der Waals surface area contributed by atoms with Crippen molar-refractivity contribution in [1.82, 2.24) is 28.2 Å². The number of nitrogens with zero attached hydrogens (tertiary/aromatic N) is 6. The number of hydrogen-bond donors (Lipinski definition) is 3. The van der Waals surface area contributed by atoms with Crippen LogP contribution in [-0.2, 0) is 54.1 Å². The van der Waals surface area contributed by atoms with Crippen molar-refractivity contribution < 1.29 is 87.8 Å². The fourth-order valence-corrected chi connectivity index (χ4v) is 16.3. The van der Waals surface area contributed by atoms with Crippen LogP contribution in [0.4, 0.5) is 39.5 Å². The summed E-state index contributed by atoms with van der Waals surface area (Å²) in [6.45, 7) is 24.4. The average Bonchev–Trinajstić information content (AvgIpc) is 1.61. The Bertz CT molecular complexity index is 5140. The van der Waals surface area contributed by atoms with E-state index in [0.29, 0.717) is 36.7 Å². The van der Waals surface area contributed by atoms with Crippen LogP contribution < -0.4 is 29.7 Å². The highest BCUT2D eigenvalue weighted by Crippen LogP contribution is 2.53. The van der Waals surface area contributed by atoms with Crippen molar-refractivity contribution >= 4 is 152 Å². The Balaban J connectivity index is 0.000000134. The van der Waals surface area contributed by atoms with Crippen LogP contribution in [0.2, 0.25) is 10.0 Å². The summed E-state index contributed by atoms with van der Waals surface area (Å²) in [7, 11) is -1.46. The first kappa shape index (κ1) is 85.7. The average molecular weight is 1730 g/mol. The second-order valence-electron chi connectivity index (χ2n) is 30.7. The molecule has 4 unspecified atom stereocenters. The number of alkyl halides is 8. The lowest BCUT2D eigenvalue weighted by Crippen LogP contribution is -2.41. The molecule has 3 N–H and O–H groups in total. The Kier molecular flexibility index (Phi) is 24.6. The lowest BCUT2D eigenvalue weighted by molar-refractivity contribution is -0.176. The van der Waals surface area contributed by atoms with Crippen molar-refractivity contribution in [1.29, 1.82) is 0 Å². The molecule has 39 heteroatoms. The van der Waals surface area contributed by atoms with Crippen molar-refractivity contribution in [2.24, 2.45) is 23.7 Å². The third kappa shape index (κ3) is 19.2. The van der Waals surface area contributed by atoms with Gasteiger partial charge in [-0.2, -0.15) is 4.39 Å². The number of pyridine rings is 2. The lowest BCUT2D eigenvalue weighted by Gasteiger charge is -2.32. The number of phenols is 1. The molecule has 3 aliphatic heterocycles. The van der Waals surface area contributed by atoms with E-state index in [-0.39, 0.29) is 110 Å². The molecule has 0 spiro atoms. The van der Waals surface area contributed by atoms with Crippen molar-refractivity contribution in [3.8, 4) is 17.4 Å². The van der Waals surface area contributed by atoms with Gasteiger partial charge in [0.05, 0.1) is 79.5 Å². The molecule has 4 aromatic carbocycles. The molecular formula is C72H77B3BrCl2F9N6O14S4. The number of thiazole rings is 4. The van der Waals surface area contributed by atoms with Crippen LogP contribution in [0.5, 0.6) is 17.4 Å². The van der Waals surface area contributed by atoms with Crippen LogP contribution in [0.25, 0.3) is 40.9 Å². The molecule has 10 aromatic rings. The molecule has 7 fully saturated rings. The molecule has 9 heterocycles. The van der Waals surface area contributed by atoms with E-state index < -0.39 is 85.6 Å². The van der Waals surface area contributed by atoms with Gasteiger partial charge in [0.1, 0.15) is 16.5 Å². The molecule has 0 bridgehead atoms. The zero-order valence-corrected chi connectivity index (χ0v) is 68.1. The van der Waals surface area contributed by atoms with Gasteiger partial charge in [-0.1, -0.05) is 90.5 Å². The second kappa shape index (κ2) is 31.8. The van der Waals surface area contributed by atoms with E-state index in [2.05, 4.69) is 25.9 Å². The maximum atomic E-state index is 13.2. The SMILES string of the molecule is CC1(C)OB(B2OC(C)(C)C(C)(C)O2)OC1(C)C.CC1(C)OB(c2ccc3c(c2)sc(=O)n3CC2CC2(F)F)OC1(C)C.Fc1ncccc1Cl.O=c1sc2cc(Br)ccc2n1CC1CC1(F)F.O=c1sc2cc(O)ccc2n1CC1CC1(F)F.O=c1sc2cc(Oc3ncccc3Cl)ccc2n1CC1CC1(F)F.OO. The van der Waals surface area contributed by atoms with E-state index >= 15 is 0 Å². The van der Waals surface area contributed by atoms with Crippen molar-refractivity contribution in [3.63, 3.8) is 0 Å². The van der Waals surface area contributed by atoms with Gasteiger partial charge in [0.2, 0.25) is 11.8 Å². The summed E-state index contributed by atoms with van der Waals surface area (Å²) in [4.78, 5) is 54.2. The molecular weight excluding hydrogens is 1660 g/mol. The maximum Gasteiger partial charge on any atom is 0.494 e. The summed E-state index contributed by atoms with van der Waals surface area (Å²) in [5, 5.41) is 21.7. The molecule has 17 rings (SSSR count). The topological polar surface area (TPSA) is 239 Å². The van der Waals surface area contributed by atoms with Crippen LogP contribution >= 0.6 is 84.5 Å². The first-order valence-electron chi connectivity index (χ1n) is 34.8. The molecule has 4 aliphatic carbocycles. The summed E-state index contributed by atoms with van der Waals surface area (Å²) in [6.07, 6.45) is 2.37. The van der Waals surface area contributed by atoms with E-state index in [9.17, 15) is 63.8 Å². The molecule has 0 amide bonds. The first-order valence-corrected chi connectivity index (χ1v) is 39.6. The molecule has 6 aromatic heterocycles. The fourth-order valence-electron chi connectivity index (χ4n) is 11.8.